The van der Waals surface area contributed by atoms with Crippen molar-refractivity contribution in [3.63, 3.8) is 0 Å². The van der Waals surface area contributed by atoms with Crippen LogP contribution in [0, 0.1) is 0 Å². The van der Waals surface area contributed by atoms with Crippen molar-refractivity contribution in [1.29, 1.82) is 0 Å². The maximum absolute atomic E-state index is 12.6. The minimum absolute atomic E-state index is 0.0232. The average Bonchev–Trinajstić information content (AvgIpc) is 2.66. The highest BCUT2D eigenvalue weighted by Gasteiger charge is 2.17. The summed E-state index contributed by atoms with van der Waals surface area (Å²) >= 11 is 0. The number of amides is 4. The fourth-order valence-corrected chi connectivity index (χ4v) is 2.56. The molecule has 30 heavy (non-hydrogen) atoms. The van der Waals surface area contributed by atoms with Crippen molar-refractivity contribution in [2.75, 3.05) is 11.9 Å². The van der Waals surface area contributed by atoms with Crippen molar-refractivity contribution in [2.24, 2.45) is 5.73 Å². The Morgan fingerprint density at radius 3 is 1.97 bits per heavy atom. The summed E-state index contributed by atoms with van der Waals surface area (Å²) in [7, 11) is 0. The van der Waals surface area contributed by atoms with Gasteiger partial charge in [-0.3, -0.25) is 19.2 Å². The third-order valence-corrected chi connectivity index (χ3v) is 3.97. The summed E-state index contributed by atoms with van der Waals surface area (Å²) in [4.78, 5) is 47.9. The van der Waals surface area contributed by atoms with Gasteiger partial charge in [0.2, 0.25) is 5.91 Å². The van der Waals surface area contributed by atoms with E-state index in [0.29, 0.717) is 16.8 Å². The monoisotopic (exact) mass is 410 g/mol. The minimum atomic E-state index is -0.517. The molecule has 2 rings (SSSR count). The molecule has 0 bridgehead atoms. The molecule has 2 aromatic rings. The van der Waals surface area contributed by atoms with E-state index in [9.17, 15) is 19.2 Å². The quantitative estimate of drug-likeness (QED) is 0.556. The first-order valence-electron chi connectivity index (χ1n) is 9.46. The lowest BCUT2D eigenvalue weighted by molar-refractivity contribution is -0.117. The average molecular weight is 410 g/mol. The zero-order chi connectivity index (χ0) is 22.3. The van der Waals surface area contributed by atoms with Crippen molar-refractivity contribution in [1.82, 2.24) is 10.6 Å². The Labute approximate surface area is 175 Å². The van der Waals surface area contributed by atoms with Crippen molar-refractivity contribution >= 4 is 29.3 Å². The molecule has 0 aliphatic heterocycles. The first-order chi connectivity index (χ1) is 14.1. The third kappa shape index (κ3) is 6.73. The Balaban J connectivity index is 2.08. The smallest absolute Gasteiger partial charge is 0.255 e. The van der Waals surface area contributed by atoms with Crippen LogP contribution in [-0.2, 0) is 4.79 Å². The number of para-hydroxylation sites is 1. The number of rotatable bonds is 7. The third-order valence-electron chi connectivity index (χ3n) is 3.97. The van der Waals surface area contributed by atoms with Gasteiger partial charge in [-0.2, -0.15) is 0 Å². The van der Waals surface area contributed by atoms with E-state index in [2.05, 4.69) is 16.0 Å². The molecule has 5 N–H and O–H groups in total. The molecule has 0 spiro atoms. The first kappa shape index (κ1) is 22.6. The molecule has 8 nitrogen and oxygen atoms in total. The summed E-state index contributed by atoms with van der Waals surface area (Å²) in [5.41, 5.74) is 6.07. The second-order valence-electron chi connectivity index (χ2n) is 7.75. The van der Waals surface area contributed by atoms with E-state index >= 15 is 0 Å². The Kier molecular flexibility index (Phi) is 7.30. The van der Waals surface area contributed by atoms with Gasteiger partial charge in [-0.15, -0.1) is 0 Å². The van der Waals surface area contributed by atoms with Crippen LogP contribution in [0.5, 0.6) is 0 Å². The molecule has 0 radical (unpaired) electrons. The van der Waals surface area contributed by atoms with Crippen LogP contribution in [-0.4, -0.2) is 35.7 Å². The minimum Gasteiger partial charge on any atom is -0.370 e. The number of nitrogens with two attached hydrogens (primary N) is 1. The zero-order valence-corrected chi connectivity index (χ0v) is 17.2. The molecule has 0 saturated heterocycles. The zero-order valence-electron chi connectivity index (χ0n) is 17.2. The van der Waals surface area contributed by atoms with Gasteiger partial charge in [0.15, 0.2) is 0 Å². The molecule has 0 saturated carbocycles. The predicted octanol–water partition coefficient (Wildman–Crippen LogP) is 2.07. The van der Waals surface area contributed by atoms with Crippen LogP contribution in [0.4, 0.5) is 5.69 Å². The SMILES string of the molecule is CC(C)(C)NC(=O)c1ccc(C(=O)Nc2ccccc2C(=O)NCCC(N)=O)cc1. The van der Waals surface area contributed by atoms with E-state index < -0.39 is 17.7 Å². The lowest BCUT2D eigenvalue weighted by Gasteiger charge is -2.20. The molecular weight excluding hydrogens is 384 g/mol. The van der Waals surface area contributed by atoms with E-state index in [1.165, 1.54) is 0 Å². The van der Waals surface area contributed by atoms with Crippen molar-refractivity contribution in [2.45, 2.75) is 32.7 Å². The molecule has 0 aromatic heterocycles. The maximum atomic E-state index is 12.6. The Morgan fingerprint density at radius 1 is 0.833 bits per heavy atom. The summed E-state index contributed by atoms with van der Waals surface area (Å²) in [6.07, 6.45) is 0.0232. The van der Waals surface area contributed by atoms with E-state index in [0.717, 1.165) is 0 Å². The van der Waals surface area contributed by atoms with Crippen LogP contribution < -0.4 is 21.7 Å². The first-order valence-corrected chi connectivity index (χ1v) is 9.46. The number of carbonyl (C=O) groups is 4. The van der Waals surface area contributed by atoms with Gasteiger partial charge in [0.05, 0.1) is 11.3 Å². The summed E-state index contributed by atoms with van der Waals surface area (Å²) in [6, 6.07) is 12.7. The molecule has 0 aliphatic carbocycles. The summed E-state index contributed by atoms with van der Waals surface area (Å²) in [5.74, 6) is -1.60. The van der Waals surface area contributed by atoms with Gasteiger partial charge < -0.3 is 21.7 Å². The van der Waals surface area contributed by atoms with Crippen molar-refractivity contribution < 1.29 is 19.2 Å². The number of nitrogens with one attached hydrogen (secondary N) is 3. The molecular formula is C22H26N4O4. The highest BCUT2D eigenvalue weighted by molar-refractivity contribution is 6.09. The van der Waals surface area contributed by atoms with Gasteiger partial charge in [0.1, 0.15) is 0 Å². The van der Waals surface area contributed by atoms with Crippen LogP contribution in [0.3, 0.4) is 0 Å². The maximum Gasteiger partial charge on any atom is 0.255 e. The Morgan fingerprint density at radius 2 is 1.40 bits per heavy atom. The molecule has 0 fully saturated rings. The normalized spacial score (nSPS) is 10.8. The van der Waals surface area contributed by atoms with Crippen LogP contribution in [0.2, 0.25) is 0 Å². The molecule has 4 amide bonds. The molecule has 158 valence electrons. The molecule has 0 unspecified atom stereocenters. The molecule has 2 aromatic carbocycles. The van der Waals surface area contributed by atoms with E-state index in [1.54, 1.807) is 48.5 Å². The largest absolute Gasteiger partial charge is 0.370 e. The number of primary amides is 1. The molecule has 8 heteroatoms. The number of hydrogen-bond donors (Lipinski definition) is 4. The van der Waals surface area contributed by atoms with Gasteiger partial charge in [0, 0.05) is 29.6 Å². The standard InChI is InChI=1S/C22H26N4O4/c1-22(2,3)26-20(29)15-10-8-14(9-11-15)19(28)25-17-7-5-4-6-16(17)21(30)24-13-12-18(23)27/h4-11H,12-13H2,1-3H3,(H2,23,27)(H,24,30)(H,25,28)(H,26,29). The molecule has 0 atom stereocenters. The van der Waals surface area contributed by atoms with Gasteiger partial charge in [0.25, 0.3) is 17.7 Å². The summed E-state index contributed by atoms with van der Waals surface area (Å²) < 4.78 is 0. The fraction of sp³-hybridized carbons (Fsp3) is 0.273. The van der Waals surface area contributed by atoms with Crippen molar-refractivity contribution in [3.05, 3.63) is 65.2 Å². The lowest BCUT2D eigenvalue weighted by Crippen LogP contribution is -2.40. The lowest BCUT2D eigenvalue weighted by atomic mass is 10.1. The fourth-order valence-electron chi connectivity index (χ4n) is 2.56. The van der Waals surface area contributed by atoms with Gasteiger partial charge in [-0.1, -0.05) is 12.1 Å². The summed E-state index contributed by atoms with van der Waals surface area (Å²) in [5, 5.41) is 8.14. The van der Waals surface area contributed by atoms with Crippen LogP contribution in [0.15, 0.2) is 48.5 Å². The number of carbonyl (C=O) groups excluding carboxylic acids is 4. The second-order valence-corrected chi connectivity index (χ2v) is 7.75. The van der Waals surface area contributed by atoms with E-state index in [1.807, 2.05) is 20.8 Å². The van der Waals surface area contributed by atoms with Gasteiger partial charge in [-0.25, -0.2) is 0 Å². The molecule has 0 aliphatic rings. The topological polar surface area (TPSA) is 130 Å². The highest BCUT2D eigenvalue weighted by Crippen LogP contribution is 2.17. The summed E-state index contributed by atoms with van der Waals surface area (Å²) in [6.45, 7) is 5.76. The van der Waals surface area contributed by atoms with Gasteiger partial charge in [-0.05, 0) is 57.2 Å². The number of anilines is 1. The second kappa shape index (κ2) is 9.69. The number of hydrogen-bond acceptors (Lipinski definition) is 4. The number of benzene rings is 2. The van der Waals surface area contributed by atoms with Crippen LogP contribution in [0.1, 0.15) is 58.3 Å². The van der Waals surface area contributed by atoms with E-state index in [-0.39, 0.29) is 30.0 Å². The van der Waals surface area contributed by atoms with Gasteiger partial charge >= 0.3 is 0 Å². The van der Waals surface area contributed by atoms with Crippen LogP contribution >= 0.6 is 0 Å². The Hall–Kier alpha value is -3.68. The van der Waals surface area contributed by atoms with E-state index in [4.69, 9.17) is 5.73 Å². The Bertz CT molecular complexity index is 946. The van der Waals surface area contributed by atoms with Crippen molar-refractivity contribution in [3.8, 4) is 0 Å². The molecule has 0 heterocycles. The predicted molar refractivity (Wildman–Crippen MR) is 114 cm³/mol. The highest BCUT2D eigenvalue weighted by atomic mass is 16.2. The van der Waals surface area contributed by atoms with Crippen LogP contribution in [0.25, 0.3) is 0 Å².